The van der Waals surface area contributed by atoms with Crippen LogP contribution in [0.15, 0.2) is 12.4 Å². The van der Waals surface area contributed by atoms with Crippen LogP contribution in [0.4, 0.5) is 0 Å². The summed E-state index contributed by atoms with van der Waals surface area (Å²) in [5, 5.41) is 0. The summed E-state index contributed by atoms with van der Waals surface area (Å²) in [6.45, 7) is 0.354. The van der Waals surface area contributed by atoms with Gasteiger partial charge in [0, 0.05) is 33.0 Å². The number of aryl methyl sites for hydroxylation is 1. The van der Waals surface area contributed by atoms with Crippen LogP contribution in [0, 0.1) is 0 Å². The van der Waals surface area contributed by atoms with Crippen molar-refractivity contribution in [2.45, 2.75) is 12.8 Å². The molecule has 0 amide bonds. The zero-order valence-corrected chi connectivity index (χ0v) is 8.90. The van der Waals surface area contributed by atoms with Gasteiger partial charge in [-0.3, -0.25) is 9.59 Å². The number of carbonyl (C=O) groups is 2. The Balaban J connectivity index is 2.49. The highest BCUT2D eigenvalue weighted by molar-refractivity contribution is 6.06. The number of ketones is 2. The quantitative estimate of drug-likeness (QED) is 0.509. The van der Waals surface area contributed by atoms with Gasteiger partial charge in [-0.1, -0.05) is 0 Å². The van der Waals surface area contributed by atoms with E-state index in [9.17, 15) is 9.59 Å². The molecule has 0 saturated heterocycles. The predicted molar refractivity (Wildman–Crippen MR) is 53.7 cm³/mol. The molecule has 0 aliphatic heterocycles. The van der Waals surface area contributed by atoms with Gasteiger partial charge < -0.3 is 9.30 Å². The van der Waals surface area contributed by atoms with Crippen molar-refractivity contribution in [2.75, 3.05) is 13.7 Å². The Hall–Kier alpha value is -1.49. The first-order valence-electron chi connectivity index (χ1n) is 4.66. The molecule has 0 atom stereocenters. The molecular weight excluding hydrogens is 196 g/mol. The first kappa shape index (κ1) is 11.6. The molecule has 0 N–H and O–H groups in total. The molecule has 0 unspecified atom stereocenters. The lowest BCUT2D eigenvalue weighted by Crippen LogP contribution is -2.13. The molecule has 1 rings (SSSR count). The number of carbonyl (C=O) groups excluding carboxylic acids is 2. The Morgan fingerprint density at radius 3 is 2.80 bits per heavy atom. The van der Waals surface area contributed by atoms with Crippen LogP contribution < -0.4 is 0 Å². The lowest BCUT2D eigenvalue weighted by atomic mass is 10.1. The van der Waals surface area contributed by atoms with Gasteiger partial charge >= 0.3 is 0 Å². The zero-order valence-electron chi connectivity index (χ0n) is 8.90. The Kier molecular flexibility index (Phi) is 4.17. The fraction of sp³-hybridized carbons (Fsp3) is 0.500. The van der Waals surface area contributed by atoms with E-state index in [2.05, 4.69) is 4.98 Å². The van der Waals surface area contributed by atoms with E-state index in [-0.39, 0.29) is 24.4 Å². The number of hydrogen-bond acceptors (Lipinski definition) is 4. The first-order chi connectivity index (χ1) is 7.15. The molecule has 82 valence electrons. The Morgan fingerprint density at radius 1 is 1.53 bits per heavy atom. The number of methoxy groups -OCH3 is 1. The van der Waals surface area contributed by atoms with Crippen LogP contribution in [0.25, 0.3) is 0 Å². The summed E-state index contributed by atoms with van der Waals surface area (Å²) in [4.78, 5) is 26.7. The number of rotatable bonds is 6. The molecule has 1 heterocycles. The zero-order chi connectivity index (χ0) is 11.3. The minimum atomic E-state index is -0.247. The second-order valence-electron chi connectivity index (χ2n) is 3.24. The second-order valence-corrected chi connectivity index (χ2v) is 3.24. The molecule has 0 aliphatic carbocycles. The van der Waals surface area contributed by atoms with Crippen LogP contribution in [0.5, 0.6) is 0 Å². The molecule has 0 radical (unpaired) electrons. The summed E-state index contributed by atoms with van der Waals surface area (Å²) >= 11 is 0. The topological polar surface area (TPSA) is 61.2 Å². The van der Waals surface area contributed by atoms with Gasteiger partial charge in [-0.15, -0.1) is 0 Å². The van der Waals surface area contributed by atoms with Crippen LogP contribution in [0.1, 0.15) is 23.5 Å². The summed E-state index contributed by atoms with van der Waals surface area (Å²) < 4.78 is 6.36. The SMILES string of the molecule is COCCC(=O)CC(=O)c1nccn1C. The molecule has 1 aromatic heterocycles. The van der Waals surface area contributed by atoms with Crippen LogP contribution >= 0.6 is 0 Å². The minimum absolute atomic E-state index is 0.103. The average Bonchev–Trinajstić information content (AvgIpc) is 2.61. The van der Waals surface area contributed by atoms with E-state index >= 15 is 0 Å². The van der Waals surface area contributed by atoms with Gasteiger partial charge in [0.05, 0.1) is 13.0 Å². The monoisotopic (exact) mass is 210 g/mol. The molecule has 0 fully saturated rings. The number of nitrogens with zero attached hydrogens (tertiary/aromatic N) is 2. The molecule has 0 saturated carbocycles. The Labute approximate surface area is 88.1 Å². The van der Waals surface area contributed by atoms with Crippen molar-refractivity contribution in [1.82, 2.24) is 9.55 Å². The van der Waals surface area contributed by atoms with Crippen LogP contribution in [0.2, 0.25) is 0 Å². The molecule has 15 heavy (non-hydrogen) atoms. The minimum Gasteiger partial charge on any atom is -0.384 e. The third-order valence-electron chi connectivity index (χ3n) is 2.01. The number of ether oxygens (including phenoxy) is 1. The summed E-state index contributed by atoms with van der Waals surface area (Å²) in [7, 11) is 3.24. The highest BCUT2D eigenvalue weighted by atomic mass is 16.5. The van der Waals surface area contributed by atoms with E-state index in [1.54, 1.807) is 17.8 Å². The van der Waals surface area contributed by atoms with Gasteiger partial charge in [0.25, 0.3) is 0 Å². The molecule has 1 aromatic rings. The van der Waals surface area contributed by atoms with Crippen molar-refractivity contribution >= 4 is 11.6 Å². The summed E-state index contributed by atoms with van der Waals surface area (Å²) in [6, 6.07) is 0. The lowest BCUT2D eigenvalue weighted by Gasteiger charge is -2.00. The average molecular weight is 210 g/mol. The highest BCUT2D eigenvalue weighted by Gasteiger charge is 2.14. The van der Waals surface area contributed by atoms with Gasteiger partial charge in [0.2, 0.25) is 5.78 Å². The van der Waals surface area contributed by atoms with Gasteiger partial charge in [-0.05, 0) is 0 Å². The van der Waals surface area contributed by atoms with Crippen molar-refractivity contribution in [2.24, 2.45) is 7.05 Å². The first-order valence-corrected chi connectivity index (χ1v) is 4.66. The molecule has 5 heteroatoms. The number of hydrogen-bond donors (Lipinski definition) is 0. The van der Waals surface area contributed by atoms with Gasteiger partial charge in [0.1, 0.15) is 5.78 Å². The van der Waals surface area contributed by atoms with E-state index in [0.29, 0.717) is 12.4 Å². The second kappa shape index (κ2) is 5.41. The molecule has 5 nitrogen and oxygen atoms in total. The fourth-order valence-corrected chi connectivity index (χ4v) is 1.20. The maximum Gasteiger partial charge on any atom is 0.205 e. The highest BCUT2D eigenvalue weighted by Crippen LogP contribution is 2.01. The van der Waals surface area contributed by atoms with Crippen molar-refractivity contribution < 1.29 is 14.3 Å². The maximum absolute atomic E-state index is 11.6. The van der Waals surface area contributed by atoms with Crippen LogP contribution in [0.3, 0.4) is 0 Å². The van der Waals surface area contributed by atoms with Crippen molar-refractivity contribution in [3.8, 4) is 0 Å². The summed E-state index contributed by atoms with van der Waals surface area (Å²) in [6.07, 6.45) is 3.38. The van der Waals surface area contributed by atoms with Crippen molar-refractivity contribution in [3.05, 3.63) is 18.2 Å². The summed E-state index contributed by atoms with van der Waals surface area (Å²) in [5.74, 6) is -0.0470. The molecule has 0 spiro atoms. The maximum atomic E-state index is 11.6. The van der Waals surface area contributed by atoms with Gasteiger partial charge in [-0.25, -0.2) is 4.98 Å². The Morgan fingerprint density at radius 2 is 2.27 bits per heavy atom. The van der Waals surface area contributed by atoms with E-state index in [4.69, 9.17) is 4.74 Å². The van der Waals surface area contributed by atoms with Gasteiger partial charge in [0.15, 0.2) is 5.82 Å². The van der Waals surface area contributed by atoms with E-state index < -0.39 is 0 Å². The normalized spacial score (nSPS) is 10.3. The molecular formula is C10H14N2O3. The standard InChI is InChI=1S/C10H14N2O3/c1-12-5-4-11-10(12)9(14)7-8(13)3-6-15-2/h4-5H,3,6-7H2,1-2H3. The smallest absolute Gasteiger partial charge is 0.205 e. The van der Waals surface area contributed by atoms with E-state index in [0.717, 1.165) is 0 Å². The number of aromatic nitrogens is 2. The van der Waals surface area contributed by atoms with Crippen molar-refractivity contribution in [3.63, 3.8) is 0 Å². The molecule has 0 bridgehead atoms. The molecule has 0 aliphatic rings. The third kappa shape index (κ3) is 3.28. The molecule has 0 aromatic carbocycles. The number of Topliss-reactive ketones (excluding diaryl/α,β-unsaturated/α-hetero) is 2. The van der Waals surface area contributed by atoms with Gasteiger partial charge in [-0.2, -0.15) is 0 Å². The summed E-state index contributed by atoms with van der Waals surface area (Å²) in [5.41, 5.74) is 0. The Bertz CT molecular complexity index is 357. The lowest BCUT2D eigenvalue weighted by molar-refractivity contribution is -0.119. The van der Waals surface area contributed by atoms with E-state index in [1.165, 1.54) is 13.3 Å². The third-order valence-corrected chi connectivity index (χ3v) is 2.01. The number of imidazole rings is 1. The van der Waals surface area contributed by atoms with Crippen LogP contribution in [-0.2, 0) is 16.6 Å². The van der Waals surface area contributed by atoms with Crippen molar-refractivity contribution in [1.29, 1.82) is 0 Å². The largest absolute Gasteiger partial charge is 0.384 e. The fourth-order valence-electron chi connectivity index (χ4n) is 1.20. The predicted octanol–water partition coefficient (Wildman–Crippen LogP) is 0.598. The van der Waals surface area contributed by atoms with E-state index in [1.807, 2.05) is 0 Å². The van der Waals surface area contributed by atoms with Crippen LogP contribution in [-0.4, -0.2) is 34.8 Å².